The maximum atomic E-state index is 6.01. The fraction of sp³-hybridized carbons (Fsp3) is 0.278. The number of benzene rings is 1. The van der Waals surface area contributed by atoms with Crippen LogP contribution in [0.4, 0.5) is 0 Å². The third-order valence-corrected chi connectivity index (χ3v) is 4.88. The van der Waals surface area contributed by atoms with Crippen molar-refractivity contribution in [1.82, 2.24) is 20.8 Å². The number of aromatic nitrogens is 2. The van der Waals surface area contributed by atoms with E-state index in [1.807, 2.05) is 25.1 Å². The number of rotatable bonds is 6. The Hall–Kier alpha value is -2.38. The van der Waals surface area contributed by atoms with E-state index in [0.717, 1.165) is 12.1 Å². The van der Waals surface area contributed by atoms with E-state index in [4.69, 9.17) is 16.1 Å². The van der Waals surface area contributed by atoms with Gasteiger partial charge in [-0.15, -0.1) is 11.3 Å². The van der Waals surface area contributed by atoms with Gasteiger partial charge in [0.25, 0.3) is 0 Å². The van der Waals surface area contributed by atoms with Gasteiger partial charge in [0.15, 0.2) is 5.96 Å². The molecule has 0 spiro atoms. The average molecular weight is 390 g/mol. The van der Waals surface area contributed by atoms with E-state index < -0.39 is 0 Å². The Bertz CT molecular complexity index is 862. The van der Waals surface area contributed by atoms with E-state index in [9.17, 15) is 0 Å². The lowest BCUT2D eigenvalue weighted by atomic mass is 10.2. The summed E-state index contributed by atoms with van der Waals surface area (Å²) >= 11 is 7.72. The number of aliphatic imine (C=N–C) groups is 1. The Balaban J connectivity index is 1.68. The van der Waals surface area contributed by atoms with Gasteiger partial charge in [-0.25, -0.2) is 4.99 Å². The highest BCUT2D eigenvalue weighted by Gasteiger charge is 2.11. The molecule has 0 aliphatic heterocycles. The van der Waals surface area contributed by atoms with Crippen LogP contribution in [0.25, 0.3) is 11.4 Å². The van der Waals surface area contributed by atoms with Gasteiger partial charge in [-0.3, -0.25) is 0 Å². The molecule has 0 aliphatic rings. The molecule has 26 heavy (non-hydrogen) atoms. The molecule has 0 radical (unpaired) electrons. The molecule has 0 fully saturated rings. The standard InChI is InChI=1S/C18H20ClN5OS/c1-3-20-18(22-12(2)15-8-5-9-26-15)21-11-16-23-17(24-25-16)13-6-4-7-14(19)10-13/h4-10,12H,3,11H2,1-2H3,(H2,20,21,22). The largest absolute Gasteiger partial charge is 0.357 e. The zero-order valence-electron chi connectivity index (χ0n) is 14.6. The highest BCUT2D eigenvalue weighted by atomic mass is 35.5. The van der Waals surface area contributed by atoms with Crippen LogP contribution in [0.3, 0.4) is 0 Å². The lowest BCUT2D eigenvalue weighted by Crippen LogP contribution is -2.38. The van der Waals surface area contributed by atoms with E-state index in [0.29, 0.717) is 29.2 Å². The van der Waals surface area contributed by atoms with Gasteiger partial charge in [0.05, 0.1) is 6.04 Å². The minimum atomic E-state index is 0.164. The molecule has 2 aromatic heterocycles. The Kier molecular flexibility index (Phi) is 6.25. The second-order valence-electron chi connectivity index (χ2n) is 5.60. The molecule has 0 bridgehead atoms. The number of nitrogens with zero attached hydrogens (tertiary/aromatic N) is 3. The molecule has 1 aromatic carbocycles. The van der Waals surface area contributed by atoms with Crippen LogP contribution in [0.2, 0.25) is 5.02 Å². The van der Waals surface area contributed by atoms with Crippen LogP contribution in [0.1, 0.15) is 30.7 Å². The topological polar surface area (TPSA) is 75.3 Å². The second kappa shape index (κ2) is 8.82. The first-order valence-electron chi connectivity index (χ1n) is 8.32. The van der Waals surface area contributed by atoms with Gasteiger partial charge in [-0.2, -0.15) is 4.98 Å². The van der Waals surface area contributed by atoms with E-state index in [-0.39, 0.29) is 6.04 Å². The number of thiophene rings is 1. The molecule has 3 rings (SSSR count). The SMILES string of the molecule is CCNC(=NCc1nc(-c2cccc(Cl)c2)no1)NC(C)c1cccs1. The Morgan fingerprint density at radius 1 is 1.35 bits per heavy atom. The molecule has 136 valence electrons. The van der Waals surface area contributed by atoms with Crippen LogP contribution < -0.4 is 10.6 Å². The third-order valence-electron chi connectivity index (χ3n) is 3.59. The van der Waals surface area contributed by atoms with Gasteiger partial charge >= 0.3 is 0 Å². The van der Waals surface area contributed by atoms with Crippen molar-refractivity contribution >= 4 is 28.9 Å². The molecule has 8 heteroatoms. The average Bonchev–Trinajstić information content (AvgIpc) is 3.32. The van der Waals surface area contributed by atoms with Crippen molar-refractivity contribution in [3.8, 4) is 11.4 Å². The predicted octanol–water partition coefficient (Wildman–Crippen LogP) is 4.27. The number of hydrogen-bond acceptors (Lipinski definition) is 5. The molecular formula is C18H20ClN5OS. The molecule has 0 amide bonds. The van der Waals surface area contributed by atoms with E-state index in [1.54, 1.807) is 23.5 Å². The number of guanidine groups is 1. The minimum absolute atomic E-state index is 0.164. The summed E-state index contributed by atoms with van der Waals surface area (Å²) in [5, 5.41) is 13.3. The zero-order chi connectivity index (χ0) is 18.4. The minimum Gasteiger partial charge on any atom is -0.357 e. The summed E-state index contributed by atoms with van der Waals surface area (Å²) in [4.78, 5) is 10.2. The lowest BCUT2D eigenvalue weighted by molar-refractivity contribution is 0.380. The zero-order valence-corrected chi connectivity index (χ0v) is 16.1. The van der Waals surface area contributed by atoms with Crippen molar-refractivity contribution in [1.29, 1.82) is 0 Å². The molecule has 1 unspecified atom stereocenters. The van der Waals surface area contributed by atoms with Gasteiger partial charge < -0.3 is 15.2 Å². The Morgan fingerprint density at radius 2 is 2.23 bits per heavy atom. The van der Waals surface area contributed by atoms with Crippen LogP contribution >= 0.6 is 22.9 Å². The van der Waals surface area contributed by atoms with Crippen LogP contribution in [0, 0.1) is 0 Å². The van der Waals surface area contributed by atoms with Crippen molar-refractivity contribution < 1.29 is 4.52 Å². The van der Waals surface area contributed by atoms with Crippen molar-refractivity contribution in [3.63, 3.8) is 0 Å². The summed E-state index contributed by atoms with van der Waals surface area (Å²) in [6, 6.07) is 11.6. The lowest BCUT2D eigenvalue weighted by Gasteiger charge is -2.16. The second-order valence-corrected chi connectivity index (χ2v) is 7.01. The molecule has 6 nitrogen and oxygen atoms in total. The summed E-state index contributed by atoms with van der Waals surface area (Å²) in [6.07, 6.45) is 0. The molecule has 3 aromatic rings. The highest BCUT2D eigenvalue weighted by molar-refractivity contribution is 7.10. The smallest absolute Gasteiger partial charge is 0.248 e. The Labute approximate surface area is 161 Å². The molecule has 1 atom stereocenters. The highest BCUT2D eigenvalue weighted by Crippen LogP contribution is 2.20. The van der Waals surface area contributed by atoms with Crippen molar-refractivity contribution in [2.24, 2.45) is 4.99 Å². The number of nitrogens with one attached hydrogen (secondary N) is 2. The van der Waals surface area contributed by atoms with Crippen molar-refractivity contribution in [3.05, 3.63) is 57.6 Å². The van der Waals surface area contributed by atoms with Crippen molar-refractivity contribution in [2.45, 2.75) is 26.4 Å². The van der Waals surface area contributed by atoms with Crippen LogP contribution in [0.5, 0.6) is 0 Å². The summed E-state index contributed by atoms with van der Waals surface area (Å²) in [7, 11) is 0. The van der Waals surface area contributed by atoms with E-state index in [1.165, 1.54) is 4.88 Å². The van der Waals surface area contributed by atoms with Gasteiger partial charge in [-0.1, -0.05) is 35.0 Å². The number of halogens is 1. The van der Waals surface area contributed by atoms with Crippen LogP contribution in [-0.4, -0.2) is 22.6 Å². The van der Waals surface area contributed by atoms with Gasteiger partial charge in [0.2, 0.25) is 11.7 Å². The fourth-order valence-electron chi connectivity index (χ4n) is 2.34. The first-order valence-corrected chi connectivity index (χ1v) is 9.58. The summed E-state index contributed by atoms with van der Waals surface area (Å²) in [6.45, 7) is 5.18. The summed E-state index contributed by atoms with van der Waals surface area (Å²) in [5.41, 5.74) is 0.813. The molecule has 2 heterocycles. The van der Waals surface area contributed by atoms with Gasteiger partial charge in [0, 0.05) is 22.0 Å². The molecule has 0 saturated carbocycles. The molecule has 0 aliphatic carbocycles. The predicted molar refractivity (Wildman–Crippen MR) is 105 cm³/mol. The maximum Gasteiger partial charge on any atom is 0.248 e. The first kappa shape index (κ1) is 18.4. The summed E-state index contributed by atoms with van der Waals surface area (Å²) in [5.74, 6) is 1.65. The fourth-order valence-corrected chi connectivity index (χ4v) is 3.27. The molecular weight excluding hydrogens is 370 g/mol. The Morgan fingerprint density at radius 3 is 2.96 bits per heavy atom. The molecule has 0 saturated heterocycles. The van der Waals surface area contributed by atoms with E-state index >= 15 is 0 Å². The summed E-state index contributed by atoms with van der Waals surface area (Å²) < 4.78 is 5.30. The normalized spacial score (nSPS) is 12.8. The van der Waals surface area contributed by atoms with Crippen LogP contribution in [0.15, 0.2) is 51.3 Å². The monoisotopic (exact) mass is 389 g/mol. The third kappa shape index (κ3) is 4.83. The van der Waals surface area contributed by atoms with E-state index in [2.05, 4.69) is 44.1 Å². The van der Waals surface area contributed by atoms with Crippen LogP contribution in [-0.2, 0) is 6.54 Å². The maximum absolute atomic E-state index is 6.01. The van der Waals surface area contributed by atoms with Gasteiger partial charge in [0.1, 0.15) is 6.54 Å². The van der Waals surface area contributed by atoms with Gasteiger partial charge in [-0.05, 0) is 37.4 Å². The first-order chi connectivity index (χ1) is 12.7. The van der Waals surface area contributed by atoms with Crippen molar-refractivity contribution in [2.75, 3.05) is 6.54 Å². The molecule has 2 N–H and O–H groups in total. The quantitative estimate of drug-likeness (QED) is 0.486. The number of hydrogen-bond donors (Lipinski definition) is 2.